The topological polar surface area (TPSA) is 58.6 Å². The normalized spacial score (nSPS) is 18.9. The zero-order chi connectivity index (χ0) is 14.7. The van der Waals surface area contributed by atoms with Crippen molar-refractivity contribution in [2.75, 3.05) is 18.6 Å². The molecule has 5 nitrogen and oxygen atoms in total. The summed E-state index contributed by atoms with van der Waals surface area (Å²) in [5.74, 6) is 0.425. The summed E-state index contributed by atoms with van der Waals surface area (Å²) in [7, 11) is 1.56. The molecule has 1 aromatic rings. The summed E-state index contributed by atoms with van der Waals surface area (Å²) < 4.78 is 6.04. The maximum absolute atomic E-state index is 12.4. The number of benzene rings is 1. The zero-order valence-electron chi connectivity index (χ0n) is 11.5. The molecule has 1 aliphatic rings. The number of hydrogen-bond donors (Lipinski definition) is 1. The van der Waals surface area contributed by atoms with E-state index in [0.717, 1.165) is 10.9 Å². The van der Waals surface area contributed by atoms with Crippen LogP contribution in [0.4, 0.5) is 5.69 Å². The van der Waals surface area contributed by atoms with Crippen molar-refractivity contribution in [3.05, 3.63) is 22.7 Å². The minimum atomic E-state index is -0.434. The van der Waals surface area contributed by atoms with E-state index in [1.54, 1.807) is 19.2 Å². The van der Waals surface area contributed by atoms with Crippen LogP contribution in [0.1, 0.15) is 19.8 Å². The second kappa shape index (κ2) is 6.26. The standard InChI is InChI=1S/C14H17BrN2O3/c1-3-4-11-14(19)17(8-13(18)16-11)9-5-6-10(15)12(7-9)20-2/h5-7,11H,3-4,8H2,1-2H3,(H,16,18). The minimum absolute atomic E-state index is 0.0455. The van der Waals surface area contributed by atoms with Gasteiger partial charge in [0, 0.05) is 11.8 Å². The van der Waals surface area contributed by atoms with Crippen LogP contribution in [-0.2, 0) is 9.59 Å². The molecule has 1 fully saturated rings. The van der Waals surface area contributed by atoms with Gasteiger partial charge in [0.1, 0.15) is 18.3 Å². The van der Waals surface area contributed by atoms with E-state index in [9.17, 15) is 9.59 Å². The molecule has 0 radical (unpaired) electrons. The molecular formula is C14H17BrN2O3. The SMILES string of the molecule is CCCC1NC(=O)CN(c2ccc(Br)c(OC)c2)C1=O. The van der Waals surface area contributed by atoms with E-state index >= 15 is 0 Å². The number of nitrogens with zero attached hydrogens (tertiary/aromatic N) is 1. The molecule has 1 aliphatic heterocycles. The van der Waals surface area contributed by atoms with E-state index in [1.807, 2.05) is 13.0 Å². The second-order valence-electron chi connectivity index (χ2n) is 4.65. The molecule has 2 rings (SSSR count). The predicted molar refractivity (Wildman–Crippen MR) is 79.9 cm³/mol. The van der Waals surface area contributed by atoms with Gasteiger partial charge in [-0.3, -0.25) is 9.59 Å². The highest BCUT2D eigenvalue weighted by Crippen LogP contribution is 2.30. The Balaban J connectivity index is 2.30. The number of piperazine rings is 1. The van der Waals surface area contributed by atoms with Gasteiger partial charge >= 0.3 is 0 Å². The highest BCUT2D eigenvalue weighted by atomic mass is 79.9. The smallest absolute Gasteiger partial charge is 0.250 e. The molecule has 1 unspecified atom stereocenters. The lowest BCUT2D eigenvalue weighted by atomic mass is 10.1. The van der Waals surface area contributed by atoms with Crippen LogP contribution in [0.3, 0.4) is 0 Å². The van der Waals surface area contributed by atoms with E-state index in [-0.39, 0.29) is 18.4 Å². The van der Waals surface area contributed by atoms with E-state index in [4.69, 9.17) is 4.74 Å². The van der Waals surface area contributed by atoms with Crippen LogP contribution in [0.5, 0.6) is 5.75 Å². The summed E-state index contributed by atoms with van der Waals surface area (Å²) in [6.07, 6.45) is 1.49. The van der Waals surface area contributed by atoms with Crippen molar-refractivity contribution in [1.29, 1.82) is 0 Å². The van der Waals surface area contributed by atoms with Gasteiger partial charge in [0.2, 0.25) is 11.8 Å². The number of nitrogens with one attached hydrogen (secondary N) is 1. The molecule has 0 spiro atoms. The summed E-state index contributed by atoms with van der Waals surface area (Å²) in [5, 5.41) is 2.74. The summed E-state index contributed by atoms with van der Waals surface area (Å²) in [4.78, 5) is 25.7. The van der Waals surface area contributed by atoms with Gasteiger partial charge in [0.15, 0.2) is 0 Å². The van der Waals surface area contributed by atoms with Gasteiger partial charge in [-0.05, 0) is 34.5 Å². The third-order valence-corrected chi connectivity index (χ3v) is 3.88. The molecule has 1 N–H and O–H groups in total. The zero-order valence-corrected chi connectivity index (χ0v) is 13.1. The number of carbonyl (C=O) groups excluding carboxylic acids is 2. The lowest BCUT2D eigenvalue weighted by Gasteiger charge is -2.32. The number of hydrogen-bond acceptors (Lipinski definition) is 3. The maximum atomic E-state index is 12.4. The molecule has 2 amide bonds. The van der Waals surface area contributed by atoms with Crippen molar-refractivity contribution in [3.8, 4) is 5.75 Å². The van der Waals surface area contributed by atoms with Gasteiger partial charge < -0.3 is 15.0 Å². The maximum Gasteiger partial charge on any atom is 0.250 e. The van der Waals surface area contributed by atoms with Crippen LogP contribution in [0.2, 0.25) is 0 Å². The first kappa shape index (κ1) is 14.8. The second-order valence-corrected chi connectivity index (χ2v) is 5.51. The Labute approximate surface area is 126 Å². The quantitative estimate of drug-likeness (QED) is 0.912. The van der Waals surface area contributed by atoms with Crippen molar-refractivity contribution in [1.82, 2.24) is 5.32 Å². The Morgan fingerprint density at radius 3 is 2.85 bits per heavy atom. The third kappa shape index (κ3) is 2.95. The lowest BCUT2D eigenvalue weighted by molar-refractivity contribution is -0.131. The van der Waals surface area contributed by atoms with Crippen LogP contribution in [0.25, 0.3) is 0 Å². The highest BCUT2D eigenvalue weighted by molar-refractivity contribution is 9.10. The first-order chi connectivity index (χ1) is 9.56. The molecule has 0 aromatic heterocycles. The van der Waals surface area contributed by atoms with Crippen molar-refractivity contribution in [2.45, 2.75) is 25.8 Å². The molecule has 0 bridgehead atoms. The Morgan fingerprint density at radius 2 is 2.20 bits per heavy atom. The first-order valence-corrected chi connectivity index (χ1v) is 7.30. The Bertz CT molecular complexity index is 533. The Morgan fingerprint density at radius 1 is 1.45 bits per heavy atom. The van der Waals surface area contributed by atoms with Crippen LogP contribution in [0, 0.1) is 0 Å². The molecular weight excluding hydrogens is 324 g/mol. The van der Waals surface area contributed by atoms with E-state index < -0.39 is 6.04 Å². The molecule has 0 aliphatic carbocycles. The van der Waals surface area contributed by atoms with Crippen LogP contribution >= 0.6 is 15.9 Å². The van der Waals surface area contributed by atoms with Gasteiger partial charge in [0.05, 0.1) is 11.6 Å². The lowest BCUT2D eigenvalue weighted by Crippen LogP contribution is -2.58. The number of ether oxygens (including phenoxy) is 1. The number of anilines is 1. The summed E-state index contributed by atoms with van der Waals surface area (Å²) >= 11 is 3.37. The summed E-state index contributed by atoms with van der Waals surface area (Å²) in [6, 6.07) is 4.93. The van der Waals surface area contributed by atoms with E-state index in [2.05, 4.69) is 21.2 Å². The van der Waals surface area contributed by atoms with Gasteiger partial charge in [-0.2, -0.15) is 0 Å². The molecule has 1 heterocycles. The Hall–Kier alpha value is -1.56. The number of amides is 2. The third-order valence-electron chi connectivity index (χ3n) is 3.22. The average Bonchev–Trinajstić information content (AvgIpc) is 2.43. The largest absolute Gasteiger partial charge is 0.495 e. The molecule has 6 heteroatoms. The van der Waals surface area contributed by atoms with Crippen molar-refractivity contribution >= 4 is 33.4 Å². The number of halogens is 1. The molecule has 1 aromatic carbocycles. The Kier molecular flexibility index (Phi) is 4.65. The summed E-state index contributed by atoms with van der Waals surface area (Å²) in [6.45, 7) is 2.03. The summed E-state index contributed by atoms with van der Waals surface area (Å²) in [5.41, 5.74) is 0.672. The van der Waals surface area contributed by atoms with Gasteiger partial charge in [-0.1, -0.05) is 13.3 Å². The van der Waals surface area contributed by atoms with Crippen molar-refractivity contribution in [3.63, 3.8) is 0 Å². The molecule has 0 saturated carbocycles. The van der Waals surface area contributed by atoms with Gasteiger partial charge in [-0.15, -0.1) is 0 Å². The van der Waals surface area contributed by atoms with Crippen LogP contribution < -0.4 is 15.0 Å². The van der Waals surface area contributed by atoms with Gasteiger partial charge in [-0.25, -0.2) is 0 Å². The van der Waals surface area contributed by atoms with E-state index in [0.29, 0.717) is 17.9 Å². The number of carbonyl (C=O) groups is 2. The number of methoxy groups -OCH3 is 1. The fourth-order valence-electron chi connectivity index (χ4n) is 2.23. The molecule has 108 valence electrons. The van der Waals surface area contributed by atoms with E-state index in [1.165, 1.54) is 4.90 Å². The fourth-order valence-corrected chi connectivity index (χ4v) is 2.64. The van der Waals surface area contributed by atoms with Crippen LogP contribution in [-0.4, -0.2) is 31.5 Å². The minimum Gasteiger partial charge on any atom is -0.495 e. The highest BCUT2D eigenvalue weighted by Gasteiger charge is 2.33. The molecule has 20 heavy (non-hydrogen) atoms. The average molecular weight is 341 g/mol. The van der Waals surface area contributed by atoms with Crippen molar-refractivity contribution in [2.24, 2.45) is 0 Å². The number of rotatable bonds is 4. The molecule has 1 saturated heterocycles. The molecule has 1 atom stereocenters. The first-order valence-electron chi connectivity index (χ1n) is 6.51. The fraction of sp³-hybridized carbons (Fsp3) is 0.429. The van der Waals surface area contributed by atoms with Gasteiger partial charge in [0.25, 0.3) is 0 Å². The monoisotopic (exact) mass is 340 g/mol. The van der Waals surface area contributed by atoms with Crippen molar-refractivity contribution < 1.29 is 14.3 Å². The van der Waals surface area contributed by atoms with Crippen LogP contribution in [0.15, 0.2) is 22.7 Å². The predicted octanol–water partition coefficient (Wildman–Crippen LogP) is 2.09.